The van der Waals surface area contributed by atoms with E-state index in [-0.39, 0.29) is 11.8 Å². The molecule has 0 aliphatic carbocycles. The van der Waals surface area contributed by atoms with Gasteiger partial charge in [0.25, 0.3) is 0 Å². The van der Waals surface area contributed by atoms with Crippen LogP contribution >= 0.6 is 11.6 Å². The summed E-state index contributed by atoms with van der Waals surface area (Å²) in [6.45, 7) is 5.45. The van der Waals surface area contributed by atoms with Crippen molar-refractivity contribution >= 4 is 29.1 Å². The van der Waals surface area contributed by atoms with Crippen LogP contribution in [0.4, 0.5) is 5.69 Å². The molecular formula is C15H20ClN3O2. The van der Waals surface area contributed by atoms with Crippen LogP contribution in [0.1, 0.15) is 13.3 Å². The van der Waals surface area contributed by atoms with Crippen LogP contribution in [0.15, 0.2) is 24.3 Å². The molecule has 6 heteroatoms. The molecule has 0 spiro atoms. The molecule has 1 aliphatic heterocycles. The van der Waals surface area contributed by atoms with Crippen LogP contribution in [-0.4, -0.2) is 54.3 Å². The highest BCUT2D eigenvalue weighted by molar-refractivity contribution is 6.30. The third-order valence-corrected chi connectivity index (χ3v) is 3.85. The highest BCUT2D eigenvalue weighted by Crippen LogP contribution is 2.13. The maximum atomic E-state index is 11.9. The van der Waals surface area contributed by atoms with Crippen LogP contribution in [0.3, 0.4) is 0 Å². The molecule has 0 unspecified atom stereocenters. The number of rotatable bonds is 4. The van der Waals surface area contributed by atoms with E-state index in [4.69, 9.17) is 11.6 Å². The fraction of sp³-hybridized carbons (Fsp3) is 0.467. The highest BCUT2D eigenvalue weighted by Gasteiger charge is 2.18. The molecule has 2 amide bonds. The largest absolute Gasteiger partial charge is 0.340 e. The second-order valence-electron chi connectivity index (χ2n) is 5.15. The van der Waals surface area contributed by atoms with Crippen molar-refractivity contribution in [2.45, 2.75) is 13.3 Å². The lowest BCUT2D eigenvalue weighted by Crippen LogP contribution is -2.48. The zero-order valence-electron chi connectivity index (χ0n) is 12.1. The summed E-state index contributed by atoms with van der Waals surface area (Å²) >= 11 is 5.80. The Hall–Kier alpha value is -1.59. The Morgan fingerprint density at radius 1 is 1.14 bits per heavy atom. The summed E-state index contributed by atoms with van der Waals surface area (Å²) in [7, 11) is 0. The Kier molecular flexibility index (Phi) is 5.59. The van der Waals surface area contributed by atoms with Crippen molar-refractivity contribution in [3.63, 3.8) is 0 Å². The molecule has 1 saturated heterocycles. The van der Waals surface area contributed by atoms with Crippen LogP contribution in [-0.2, 0) is 9.59 Å². The third-order valence-electron chi connectivity index (χ3n) is 3.60. The fourth-order valence-corrected chi connectivity index (χ4v) is 2.43. The minimum Gasteiger partial charge on any atom is -0.340 e. The Balaban J connectivity index is 1.70. The molecular weight excluding hydrogens is 290 g/mol. The second kappa shape index (κ2) is 7.43. The van der Waals surface area contributed by atoms with E-state index in [0.29, 0.717) is 18.0 Å². The van der Waals surface area contributed by atoms with E-state index in [1.165, 1.54) is 0 Å². The molecule has 1 N–H and O–H groups in total. The molecule has 1 fully saturated rings. The maximum absolute atomic E-state index is 11.9. The number of carbonyl (C=O) groups is 2. The number of amides is 2. The van der Waals surface area contributed by atoms with Gasteiger partial charge < -0.3 is 10.2 Å². The van der Waals surface area contributed by atoms with E-state index < -0.39 is 0 Å². The van der Waals surface area contributed by atoms with Gasteiger partial charge in [-0.05, 0) is 24.3 Å². The molecule has 0 bridgehead atoms. The maximum Gasteiger partial charge on any atom is 0.225 e. The van der Waals surface area contributed by atoms with Crippen LogP contribution in [0.2, 0.25) is 5.02 Å². The number of benzene rings is 1. The van der Waals surface area contributed by atoms with Gasteiger partial charge in [0.05, 0.1) is 0 Å². The number of nitrogens with one attached hydrogen (secondary N) is 1. The van der Waals surface area contributed by atoms with Gasteiger partial charge in [-0.1, -0.05) is 11.6 Å². The SMILES string of the molecule is CC(=O)N1CCN(CCC(=O)Nc2ccc(Cl)cc2)CC1. The summed E-state index contributed by atoms with van der Waals surface area (Å²) in [5.41, 5.74) is 0.755. The van der Waals surface area contributed by atoms with Crippen molar-refractivity contribution in [3.05, 3.63) is 29.3 Å². The number of hydrogen-bond donors (Lipinski definition) is 1. The topological polar surface area (TPSA) is 52.7 Å². The van der Waals surface area contributed by atoms with Crippen LogP contribution in [0.5, 0.6) is 0 Å². The van der Waals surface area contributed by atoms with Crippen molar-refractivity contribution in [1.82, 2.24) is 9.80 Å². The predicted molar refractivity (Wildman–Crippen MR) is 83.4 cm³/mol. The van der Waals surface area contributed by atoms with Crippen molar-refractivity contribution < 1.29 is 9.59 Å². The first-order valence-corrected chi connectivity index (χ1v) is 7.45. The normalized spacial score (nSPS) is 15.8. The lowest BCUT2D eigenvalue weighted by molar-refractivity contribution is -0.130. The van der Waals surface area contributed by atoms with Gasteiger partial charge in [0.2, 0.25) is 11.8 Å². The zero-order chi connectivity index (χ0) is 15.2. The van der Waals surface area contributed by atoms with Crippen LogP contribution in [0.25, 0.3) is 0 Å². The van der Waals surface area contributed by atoms with E-state index >= 15 is 0 Å². The number of nitrogens with zero attached hydrogens (tertiary/aromatic N) is 2. The average molecular weight is 310 g/mol. The first-order valence-electron chi connectivity index (χ1n) is 7.08. The standard InChI is InChI=1S/C15H20ClN3O2/c1-12(20)19-10-8-18(9-11-19)7-6-15(21)17-14-4-2-13(16)3-5-14/h2-5H,6-11H2,1H3,(H,17,21). The lowest BCUT2D eigenvalue weighted by atomic mass is 10.2. The zero-order valence-corrected chi connectivity index (χ0v) is 12.9. The predicted octanol–water partition coefficient (Wildman–Crippen LogP) is 1.83. The van der Waals surface area contributed by atoms with Crippen molar-refractivity contribution in [2.24, 2.45) is 0 Å². The molecule has 0 saturated carbocycles. The molecule has 1 heterocycles. The van der Waals surface area contributed by atoms with Gasteiger partial charge in [0.1, 0.15) is 0 Å². The first kappa shape index (κ1) is 15.8. The molecule has 5 nitrogen and oxygen atoms in total. The van der Waals surface area contributed by atoms with Crippen molar-refractivity contribution in [3.8, 4) is 0 Å². The highest BCUT2D eigenvalue weighted by atomic mass is 35.5. The summed E-state index contributed by atoms with van der Waals surface area (Å²) in [4.78, 5) is 27.2. The van der Waals surface area contributed by atoms with Gasteiger partial charge in [0.15, 0.2) is 0 Å². The fourth-order valence-electron chi connectivity index (χ4n) is 2.30. The molecule has 21 heavy (non-hydrogen) atoms. The summed E-state index contributed by atoms with van der Waals surface area (Å²) in [5, 5.41) is 3.50. The summed E-state index contributed by atoms with van der Waals surface area (Å²) in [5.74, 6) is 0.112. The third kappa shape index (κ3) is 5.02. The Morgan fingerprint density at radius 2 is 1.76 bits per heavy atom. The summed E-state index contributed by atoms with van der Waals surface area (Å²) < 4.78 is 0. The average Bonchev–Trinajstić information content (AvgIpc) is 2.48. The molecule has 114 valence electrons. The van der Waals surface area contributed by atoms with Gasteiger partial charge in [-0.2, -0.15) is 0 Å². The number of halogens is 1. The Labute approximate surface area is 129 Å². The van der Waals surface area contributed by atoms with E-state index in [1.54, 1.807) is 31.2 Å². The molecule has 1 aliphatic rings. The van der Waals surface area contributed by atoms with E-state index in [0.717, 1.165) is 31.9 Å². The van der Waals surface area contributed by atoms with Crippen LogP contribution < -0.4 is 5.32 Å². The summed E-state index contributed by atoms with van der Waals surface area (Å²) in [6.07, 6.45) is 0.447. The van der Waals surface area contributed by atoms with Gasteiger partial charge in [-0.15, -0.1) is 0 Å². The minimum absolute atomic E-state index is 0.00804. The number of carbonyl (C=O) groups excluding carboxylic acids is 2. The van der Waals surface area contributed by atoms with Gasteiger partial charge >= 0.3 is 0 Å². The van der Waals surface area contributed by atoms with Crippen molar-refractivity contribution in [2.75, 3.05) is 38.0 Å². The Morgan fingerprint density at radius 3 is 2.33 bits per heavy atom. The molecule has 1 aromatic rings. The van der Waals surface area contributed by atoms with E-state index in [1.807, 2.05) is 4.90 Å². The minimum atomic E-state index is -0.00804. The smallest absolute Gasteiger partial charge is 0.225 e. The molecule has 2 rings (SSSR count). The number of hydrogen-bond acceptors (Lipinski definition) is 3. The Bertz CT molecular complexity index is 496. The van der Waals surface area contributed by atoms with E-state index in [9.17, 15) is 9.59 Å². The monoisotopic (exact) mass is 309 g/mol. The number of piperazine rings is 1. The number of anilines is 1. The van der Waals surface area contributed by atoms with Gasteiger partial charge in [-0.25, -0.2) is 0 Å². The van der Waals surface area contributed by atoms with Gasteiger partial charge in [0, 0.05) is 56.8 Å². The van der Waals surface area contributed by atoms with Gasteiger partial charge in [-0.3, -0.25) is 14.5 Å². The second-order valence-corrected chi connectivity index (χ2v) is 5.59. The van der Waals surface area contributed by atoms with E-state index in [2.05, 4.69) is 10.2 Å². The molecule has 0 aromatic heterocycles. The lowest BCUT2D eigenvalue weighted by Gasteiger charge is -2.34. The first-order chi connectivity index (χ1) is 10.0. The molecule has 0 atom stereocenters. The van der Waals surface area contributed by atoms with Crippen molar-refractivity contribution in [1.29, 1.82) is 0 Å². The molecule has 1 aromatic carbocycles. The summed E-state index contributed by atoms with van der Waals surface area (Å²) in [6, 6.07) is 7.06. The quantitative estimate of drug-likeness (QED) is 0.923. The molecule has 0 radical (unpaired) electrons. The van der Waals surface area contributed by atoms with Crippen LogP contribution in [0, 0.1) is 0 Å².